The number of hydrogen-bond donors (Lipinski definition) is 1. The van der Waals surface area contributed by atoms with Gasteiger partial charge in [-0.25, -0.2) is 0 Å². The van der Waals surface area contributed by atoms with Gasteiger partial charge in [-0.15, -0.1) is 0 Å². The molecule has 0 radical (unpaired) electrons. The van der Waals surface area contributed by atoms with Crippen molar-refractivity contribution < 1.29 is 9.90 Å². The van der Waals surface area contributed by atoms with Crippen LogP contribution in [0, 0.1) is 6.92 Å². The minimum Gasteiger partial charge on any atom is -0.508 e. The van der Waals surface area contributed by atoms with Gasteiger partial charge in [0.05, 0.1) is 0 Å². The maximum atomic E-state index is 12.3. The fourth-order valence-corrected chi connectivity index (χ4v) is 2.48. The molecule has 0 saturated carbocycles. The summed E-state index contributed by atoms with van der Waals surface area (Å²) in [4.78, 5) is 13.9. The van der Waals surface area contributed by atoms with Gasteiger partial charge in [0, 0.05) is 19.2 Å². The lowest BCUT2D eigenvalue weighted by molar-refractivity contribution is 0.0784. The maximum absolute atomic E-state index is 12.3. The number of rotatable bonds is 3. The average molecular weight is 261 g/mol. The summed E-state index contributed by atoms with van der Waals surface area (Å²) in [6, 6.07) is 6.82. The van der Waals surface area contributed by atoms with Crippen LogP contribution in [0.5, 0.6) is 5.75 Å². The molecule has 1 aromatic carbocycles. The topological polar surface area (TPSA) is 40.5 Å². The maximum Gasteiger partial charge on any atom is 0.254 e. The molecule has 0 aliphatic rings. The SMILES string of the molecule is Cc1cc(O)ccc1C(=O)N(C)Cc1ccsc1. The Balaban J connectivity index is 2.15. The third kappa shape index (κ3) is 2.71. The van der Waals surface area contributed by atoms with Crippen LogP contribution in [0.15, 0.2) is 35.0 Å². The summed E-state index contributed by atoms with van der Waals surface area (Å²) in [6.07, 6.45) is 0. The Morgan fingerprint density at radius 1 is 1.39 bits per heavy atom. The van der Waals surface area contributed by atoms with Crippen LogP contribution >= 0.6 is 11.3 Å². The lowest BCUT2D eigenvalue weighted by atomic mass is 10.1. The van der Waals surface area contributed by atoms with Crippen molar-refractivity contribution in [2.75, 3.05) is 7.05 Å². The van der Waals surface area contributed by atoms with Crippen molar-refractivity contribution in [3.63, 3.8) is 0 Å². The van der Waals surface area contributed by atoms with E-state index in [0.717, 1.165) is 11.1 Å². The zero-order valence-corrected chi connectivity index (χ0v) is 11.2. The molecule has 0 spiro atoms. The number of amides is 1. The first-order valence-electron chi connectivity index (χ1n) is 5.64. The number of carbonyl (C=O) groups is 1. The Morgan fingerprint density at radius 2 is 2.17 bits per heavy atom. The second-order valence-corrected chi connectivity index (χ2v) is 5.07. The zero-order chi connectivity index (χ0) is 13.1. The van der Waals surface area contributed by atoms with Crippen molar-refractivity contribution in [2.45, 2.75) is 13.5 Å². The highest BCUT2D eigenvalue weighted by Gasteiger charge is 2.14. The van der Waals surface area contributed by atoms with E-state index in [0.29, 0.717) is 12.1 Å². The van der Waals surface area contributed by atoms with Crippen molar-refractivity contribution >= 4 is 17.2 Å². The number of hydrogen-bond acceptors (Lipinski definition) is 3. The minimum absolute atomic E-state index is 0.0290. The molecule has 0 aliphatic heterocycles. The predicted molar refractivity (Wildman–Crippen MR) is 73.0 cm³/mol. The summed E-state index contributed by atoms with van der Waals surface area (Å²) in [5, 5.41) is 13.4. The zero-order valence-electron chi connectivity index (χ0n) is 10.4. The Kier molecular flexibility index (Phi) is 3.67. The van der Waals surface area contributed by atoms with Crippen molar-refractivity contribution in [2.24, 2.45) is 0 Å². The molecule has 0 fully saturated rings. The van der Waals surface area contributed by atoms with Crippen LogP contribution in [0.4, 0.5) is 0 Å². The lowest BCUT2D eigenvalue weighted by Gasteiger charge is -2.17. The van der Waals surface area contributed by atoms with Gasteiger partial charge >= 0.3 is 0 Å². The molecule has 0 bridgehead atoms. The monoisotopic (exact) mass is 261 g/mol. The number of benzene rings is 1. The fraction of sp³-hybridized carbons (Fsp3) is 0.214. The summed E-state index contributed by atoms with van der Waals surface area (Å²) in [5.41, 5.74) is 2.55. The van der Waals surface area contributed by atoms with E-state index in [1.54, 1.807) is 41.5 Å². The lowest BCUT2D eigenvalue weighted by Crippen LogP contribution is -2.26. The molecule has 1 amide bonds. The molecule has 0 unspecified atom stereocenters. The summed E-state index contributed by atoms with van der Waals surface area (Å²) >= 11 is 1.62. The number of phenols is 1. The van der Waals surface area contributed by atoms with Gasteiger partial charge in [0.2, 0.25) is 0 Å². The Hall–Kier alpha value is -1.81. The van der Waals surface area contributed by atoms with E-state index in [1.165, 1.54) is 0 Å². The van der Waals surface area contributed by atoms with Crippen LogP contribution < -0.4 is 0 Å². The molecule has 4 heteroatoms. The van der Waals surface area contributed by atoms with Gasteiger partial charge in [0.1, 0.15) is 5.75 Å². The molecule has 2 aromatic rings. The Morgan fingerprint density at radius 3 is 2.78 bits per heavy atom. The van der Waals surface area contributed by atoms with Gasteiger partial charge < -0.3 is 10.0 Å². The van der Waals surface area contributed by atoms with E-state index in [4.69, 9.17) is 0 Å². The van der Waals surface area contributed by atoms with Gasteiger partial charge in [-0.3, -0.25) is 4.79 Å². The molecule has 1 N–H and O–H groups in total. The van der Waals surface area contributed by atoms with Crippen molar-refractivity contribution in [3.8, 4) is 5.75 Å². The van der Waals surface area contributed by atoms with E-state index >= 15 is 0 Å². The van der Waals surface area contributed by atoms with Crippen LogP contribution in [0.25, 0.3) is 0 Å². The van der Waals surface area contributed by atoms with E-state index in [2.05, 4.69) is 0 Å². The predicted octanol–water partition coefficient (Wildman–Crippen LogP) is 3.03. The third-order valence-electron chi connectivity index (χ3n) is 2.79. The molecular weight excluding hydrogens is 246 g/mol. The number of phenolic OH excluding ortho intramolecular Hbond substituents is 1. The number of nitrogens with zero attached hydrogens (tertiary/aromatic N) is 1. The van der Waals surface area contributed by atoms with E-state index in [-0.39, 0.29) is 11.7 Å². The van der Waals surface area contributed by atoms with Gasteiger partial charge in [-0.2, -0.15) is 11.3 Å². The van der Waals surface area contributed by atoms with Crippen molar-refractivity contribution in [1.29, 1.82) is 0 Å². The smallest absolute Gasteiger partial charge is 0.254 e. The fourth-order valence-electron chi connectivity index (χ4n) is 1.82. The molecule has 1 heterocycles. The minimum atomic E-state index is -0.0290. The molecule has 2 rings (SSSR count). The highest BCUT2D eigenvalue weighted by atomic mass is 32.1. The van der Waals surface area contributed by atoms with Crippen molar-refractivity contribution in [3.05, 3.63) is 51.7 Å². The van der Waals surface area contributed by atoms with Gasteiger partial charge in [0.15, 0.2) is 0 Å². The summed E-state index contributed by atoms with van der Waals surface area (Å²) in [5.74, 6) is 0.156. The number of thiophene rings is 1. The first-order valence-corrected chi connectivity index (χ1v) is 6.58. The second kappa shape index (κ2) is 5.23. The molecule has 94 valence electrons. The van der Waals surface area contributed by atoms with E-state index in [9.17, 15) is 9.90 Å². The normalized spacial score (nSPS) is 10.3. The highest BCUT2D eigenvalue weighted by molar-refractivity contribution is 7.07. The molecule has 0 aliphatic carbocycles. The summed E-state index contributed by atoms with van der Waals surface area (Å²) in [7, 11) is 1.78. The van der Waals surface area contributed by atoms with Crippen molar-refractivity contribution in [1.82, 2.24) is 4.90 Å². The molecule has 3 nitrogen and oxygen atoms in total. The van der Waals surface area contributed by atoms with E-state index in [1.807, 2.05) is 23.8 Å². The third-order valence-corrected chi connectivity index (χ3v) is 3.52. The average Bonchev–Trinajstić information content (AvgIpc) is 2.81. The molecule has 0 saturated heterocycles. The Labute approximate surface area is 110 Å². The Bertz CT molecular complexity index is 549. The quantitative estimate of drug-likeness (QED) is 0.922. The van der Waals surface area contributed by atoms with Crippen LogP contribution in [0.2, 0.25) is 0 Å². The molecular formula is C14H15NO2S. The summed E-state index contributed by atoms with van der Waals surface area (Å²) in [6.45, 7) is 2.42. The number of aromatic hydroxyl groups is 1. The van der Waals surface area contributed by atoms with E-state index < -0.39 is 0 Å². The van der Waals surface area contributed by atoms with Crippen LogP contribution in [0.1, 0.15) is 21.5 Å². The van der Waals surface area contributed by atoms with Crippen LogP contribution in [-0.4, -0.2) is 23.0 Å². The number of carbonyl (C=O) groups excluding carboxylic acids is 1. The van der Waals surface area contributed by atoms with Crippen LogP contribution in [0.3, 0.4) is 0 Å². The summed E-state index contributed by atoms with van der Waals surface area (Å²) < 4.78 is 0. The largest absolute Gasteiger partial charge is 0.508 e. The van der Waals surface area contributed by atoms with Gasteiger partial charge in [-0.05, 0) is 53.1 Å². The first-order chi connectivity index (χ1) is 8.58. The molecule has 18 heavy (non-hydrogen) atoms. The molecule has 1 aromatic heterocycles. The van der Waals surface area contributed by atoms with Crippen LogP contribution in [-0.2, 0) is 6.54 Å². The highest BCUT2D eigenvalue weighted by Crippen LogP contribution is 2.18. The van der Waals surface area contributed by atoms with Gasteiger partial charge in [-0.1, -0.05) is 0 Å². The second-order valence-electron chi connectivity index (χ2n) is 4.29. The van der Waals surface area contributed by atoms with Gasteiger partial charge in [0.25, 0.3) is 5.91 Å². The number of aryl methyl sites for hydroxylation is 1. The molecule has 0 atom stereocenters. The standard InChI is InChI=1S/C14H15NO2S/c1-10-7-12(16)3-4-13(10)14(17)15(2)8-11-5-6-18-9-11/h3-7,9,16H,8H2,1-2H3. The first kappa shape index (κ1) is 12.6.